The Morgan fingerprint density at radius 1 is 1.41 bits per heavy atom. The van der Waals surface area contributed by atoms with Gasteiger partial charge in [0, 0.05) is 11.1 Å². The maximum atomic E-state index is 12.5. The number of nitrogens with zero attached hydrogens (tertiary/aromatic N) is 2. The fourth-order valence-electron chi connectivity index (χ4n) is 1.16. The fraction of sp³-hybridized carbons (Fsp3) is 0.333. The summed E-state index contributed by atoms with van der Waals surface area (Å²) >= 11 is 5.32. The Balaban J connectivity index is 3.53. The molecule has 8 heteroatoms. The van der Waals surface area contributed by atoms with Crippen LogP contribution in [0.4, 0.5) is 22.0 Å². The van der Waals surface area contributed by atoms with Gasteiger partial charge in [-0.1, -0.05) is 0 Å². The molecule has 1 aromatic heterocycles. The first-order valence-electron chi connectivity index (χ1n) is 4.16. The summed E-state index contributed by atoms with van der Waals surface area (Å²) in [6.07, 6.45) is -8.04. The molecule has 0 saturated carbocycles. The van der Waals surface area contributed by atoms with Crippen LogP contribution in [-0.2, 0) is 12.1 Å². The molecule has 2 nitrogen and oxygen atoms in total. The molecular weight excluding hydrogens is 267 g/mol. The van der Waals surface area contributed by atoms with Crippen LogP contribution < -0.4 is 0 Å². The van der Waals surface area contributed by atoms with Crippen LogP contribution in [0, 0.1) is 11.3 Å². The normalized spacial score (nSPS) is 11.6. The van der Waals surface area contributed by atoms with Gasteiger partial charge in [0.05, 0.1) is 5.88 Å². The van der Waals surface area contributed by atoms with Crippen molar-refractivity contribution in [3.05, 3.63) is 28.6 Å². The number of aromatic nitrogens is 1. The molecule has 0 saturated heterocycles. The van der Waals surface area contributed by atoms with E-state index in [-0.39, 0.29) is 11.6 Å². The minimum atomic E-state index is -4.89. The lowest BCUT2D eigenvalue weighted by Gasteiger charge is -2.12. The summed E-state index contributed by atoms with van der Waals surface area (Å²) in [5.41, 5.74) is -3.56. The van der Waals surface area contributed by atoms with Crippen LogP contribution in [0.1, 0.15) is 28.9 Å². The number of pyridine rings is 1. The maximum Gasteiger partial charge on any atom is 0.433 e. The van der Waals surface area contributed by atoms with Crippen LogP contribution in [0.25, 0.3) is 0 Å². The molecule has 0 aliphatic carbocycles. The van der Waals surface area contributed by atoms with Gasteiger partial charge in [-0.05, 0) is 6.07 Å². The van der Waals surface area contributed by atoms with E-state index in [1.54, 1.807) is 0 Å². The quantitative estimate of drug-likeness (QED) is 0.607. The lowest BCUT2D eigenvalue weighted by molar-refractivity contribution is -0.141. The van der Waals surface area contributed by atoms with Gasteiger partial charge < -0.3 is 0 Å². The molecule has 0 fully saturated rings. The molecule has 0 spiro atoms. The van der Waals surface area contributed by atoms with Gasteiger partial charge in [-0.3, -0.25) is 0 Å². The molecule has 0 aliphatic heterocycles. The molecule has 0 amide bonds. The molecule has 92 valence electrons. The van der Waals surface area contributed by atoms with E-state index in [2.05, 4.69) is 4.98 Å². The number of rotatable bonds is 2. The van der Waals surface area contributed by atoms with E-state index in [0.717, 1.165) is 0 Å². The van der Waals surface area contributed by atoms with Crippen molar-refractivity contribution < 1.29 is 22.0 Å². The highest BCUT2D eigenvalue weighted by Crippen LogP contribution is 2.33. The van der Waals surface area contributed by atoms with Gasteiger partial charge in [-0.15, -0.1) is 11.6 Å². The zero-order valence-electron chi connectivity index (χ0n) is 8.02. The monoisotopic (exact) mass is 270 g/mol. The van der Waals surface area contributed by atoms with Crippen molar-refractivity contribution in [3.63, 3.8) is 0 Å². The maximum absolute atomic E-state index is 12.5. The first-order chi connectivity index (χ1) is 7.81. The van der Waals surface area contributed by atoms with E-state index in [0.29, 0.717) is 0 Å². The van der Waals surface area contributed by atoms with Gasteiger partial charge in [-0.25, -0.2) is 13.8 Å². The van der Waals surface area contributed by atoms with Gasteiger partial charge in [-0.2, -0.15) is 18.4 Å². The van der Waals surface area contributed by atoms with Gasteiger partial charge >= 0.3 is 6.18 Å². The van der Waals surface area contributed by atoms with Crippen molar-refractivity contribution in [2.24, 2.45) is 0 Å². The summed E-state index contributed by atoms with van der Waals surface area (Å²) in [6, 6.07) is 1.54. The summed E-state index contributed by atoms with van der Waals surface area (Å²) in [5.74, 6) is -0.506. The fourth-order valence-corrected chi connectivity index (χ4v) is 1.45. The van der Waals surface area contributed by atoms with Crippen LogP contribution in [0.3, 0.4) is 0 Å². The van der Waals surface area contributed by atoms with E-state index in [1.165, 1.54) is 6.07 Å². The summed E-state index contributed by atoms with van der Waals surface area (Å²) < 4.78 is 62.1. The van der Waals surface area contributed by atoms with Crippen molar-refractivity contribution in [1.82, 2.24) is 4.98 Å². The largest absolute Gasteiger partial charge is 0.433 e. The van der Waals surface area contributed by atoms with Gasteiger partial charge in [0.15, 0.2) is 0 Å². The highest BCUT2D eigenvalue weighted by Gasteiger charge is 2.35. The number of alkyl halides is 6. The van der Waals surface area contributed by atoms with Gasteiger partial charge in [0.1, 0.15) is 17.5 Å². The predicted octanol–water partition coefficient (Wildman–Crippen LogP) is 3.65. The minimum absolute atomic E-state index is 0.212. The highest BCUT2D eigenvalue weighted by atomic mass is 35.5. The SMILES string of the molecule is N#Cc1nc(C(F)(F)F)cc(C(F)F)c1CCl. The minimum Gasteiger partial charge on any atom is -0.232 e. The first-order valence-corrected chi connectivity index (χ1v) is 4.70. The molecule has 1 aromatic rings. The lowest BCUT2D eigenvalue weighted by atomic mass is 10.1. The lowest BCUT2D eigenvalue weighted by Crippen LogP contribution is -2.12. The molecule has 17 heavy (non-hydrogen) atoms. The molecule has 0 N–H and O–H groups in total. The molecule has 0 bridgehead atoms. The summed E-state index contributed by atoms with van der Waals surface area (Å²) in [7, 11) is 0. The standard InChI is InChI=1S/C9H4ClF5N2/c10-2-5-4(8(11)12)1-7(9(13,14)15)17-6(5)3-16/h1,8H,2H2. The average Bonchev–Trinajstić information content (AvgIpc) is 2.25. The second-order valence-electron chi connectivity index (χ2n) is 2.97. The number of hydrogen-bond donors (Lipinski definition) is 0. The first kappa shape index (κ1) is 13.6. The van der Waals surface area contributed by atoms with Crippen molar-refractivity contribution >= 4 is 11.6 Å². The number of nitriles is 1. The Morgan fingerprint density at radius 2 is 2.00 bits per heavy atom. The van der Waals surface area contributed by atoms with Crippen molar-refractivity contribution in [1.29, 1.82) is 5.26 Å². The van der Waals surface area contributed by atoms with Crippen LogP contribution >= 0.6 is 11.6 Å². The molecular formula is C9H4ClF5N2. The summed E-state index contributed by atoms with van der Waals surface area (Å²) in [6.45, 7) is 0. The molecule has 0 unspecified atom stereocenters. The van der Waals surface area contributed by atoms with Crippen molar-refractivity contribution in [2.75, 3.05) is 0 Å². The third-order valence-electron chi connectivity index (χ3n) is 1.92. The topological polar surface area (TPSA) is 36.7 Å². The third-order valence-corrected chi connectivity index (χ3v) is 2.19. The summed E-state index contributed by atoms with van der Waals surface area (Å²) in [4.78, 5) is 2.97. The van der Waals surface area contributed by atoms with Gasteiger partial charge in [0.25, 0.3) is 6.43 Å². The average molecular weight is 271 g/mol. The van der Waals surface area contributed by atoms with Crippen molar-refractivity contribution in [2.45, 2.75) is 18.5 Å². The zero-order chi connectivity index (χ0) is 13.2. The van der Waals surface area contributed by atoms with Crippen molar-refractivity contribution in [3.8, 4) is 6.07 Å². The number of hydrogen-bond acceptors (Lipinski definition) is 2. The molecule has 0 aliphatic rings. The zero-order valence-corrected chi connectivity index (χ0v) is 8.78. The molecule has 1 rings (SSSR count). The smallest absolute Gasteiger partial charge is 0.232 e. The van der Waals surface area contributed by atoms with E-state index in [1.807, 2.05) is 0 Å². The highest BCUT2D eigenvalue weighted by molar-refractivity contribution is 6.17. The number of halogens is 6. The van der Waals surface area contributed by atoms with E-state index >= 15 is 0 Å². The summed E-state index contributed by atoms with van der Waals surface area (Å²) in [5, 5.41) is 8.56. The van der Waals surface area contributed by atoms with Crippen LogP contribution in [0.5, 0.6) is 0 Å². The Bertz CT molecular complexity index is 464. The van der Waals surface area contributed by atoms with E-state index in [9.17, 15) is 22.0 Å². The Morgan fingerprint density at radius 3 is 2.35 bits per heavy atom. The molecule has 0 radical (unpaired) electrons. The van der Waals surface area contributed by atoms with Crippen LogP contribution in [0.2, 0.25) is 0 Å². The molecule has 0 aromatic carbocycles. The van der Waals surface area contributed by atoms with Crippen LogP contribution in [0.15, 0.2) is 6.07 Å². The van der Waals surface area contributed by atoms with Crippen LogP contribution in [-0.4, -0.2) is 4.98 Å². The van der Waals surface area contributed by atoms with E-state index < -0.39 is 35.4 Å². The predicted molar refractivity (Wildman–Crippen MR) is 48.5 cm³/mol. The Labute approximate surface area is 97.6 Å². The van der Waals surface area contributed by atoms with E-state index in [4.69, 9.17) is 16.9 Å². The molecule has 1 heterocycles. The molecule has 0 atom stereocenters. The Hall–Kier alpha value is -1.42. The Kier molecular flexibility index (Phi) is 3.88. The van der Waals surface area contributed by atoms with Gasteiger partial charge in [0.2, 0.25) is 0 Å². The third kappa shape index (κ3) is 2.82. The second kappa shape index (κ2) is 4.84. The second-order valence-corrected chi connectivity index (χ2v) is 3.24.